The van der Waals surface area contributed by atoms with Gasteiger partial charge in [-0.25, -0.2) is 22.3 Å². The average molecular weight is 444 g/mol. The molecule has 2 aliphatic rings. The van der Waals surface area contributed by atoms with Crippen molar-refractivity contribution in [2.75, 3.05) is 0 Å². The average Bonchev–Trinajstić information content (AvgIpc) is 3.51. The topological polar surface area (TPSA) is 0 Å². The fourth-order valence-corrected chi connectivity index (χ4v) is 3.15. The summed E-state index contributed by atoms with van der Waals surface area (Å²) in [6, 6.07) is 25.0. The van der Waals surface area contributed by atoms with Crippen molar-refractivity contribution in [2.24, 2.45) is 0 Å². The van der Waals surface area contributed by atoms with Crippen molar-refractivity contribution in [2.45, 2.75) is 66.2 Å². The fraction of sp³-hybridized carbons (Fsp3) is 0.333. The third kappa shape index (κ3) is 13.2. The van der Waals surface area contributed by atoms with Crippen LogP contribution in [0.3, 0.4) is 0 Å². The van der Waals surface area contributed by atoms with Crippen molar-refractivity contribution < 1.29 is 21.7 Å². The molecule has 0 spiro atoms. The molecule has 4 rings (SSSR count). The predicted octanol–water partition coefficient (Wildman–Crippen LogP) is 8.70. The summed E-state index contributed by atoms with van der Waals surface area (Å²) in [7, 11) is 0. The standard InChI is InChI=1S/2C9H13.2C6H5.Ti/c2*1-3-8-6-5-7-9(8)4-2;2*1-2-4-6-5-3-1;/h2*5H,3-4,6H2,1-2H3;2*1-5H;/q4*-1;+4. The molecule has 0 heterocycles. The minimum Gasteiger partial charge on any atom is -0.253 e. The van der Waals surface area contributed by atoms with Crippen LogP contribution in [0.4, 0.5) is 0 Å². The molecular weight excluding hydrogens is 408 g/mol. The molecule has 31 heavy (non-hydrogen) atoms. The van der Waals surface area contributed by atoms with E-state index >= 15 is 0 Å². The second kappa shape index (κ2) is 20.0. The van der Waals surface area contributed by atoms with Crippen LogP contribution in [0.5, 0.6) is 0 Å². The second-order valence-corrected chi connectivity index (χ2v) is 6.84. The van der Waals surface area contributed by atoms with Gasteiger partial charge < -0.3 is 0 Å². The Morgan fingerprint density at radius 2 is 0.903 bits per heavy atom. The molecule has 0 saturated carbocycles. The third-order valence-electron chi connectivity index (χ3n) is 4.88. The van der Waals surface area contributed by atoms with Gasteiger partial charge in [0.2, 0.25) is 0 Å². The molecule has 0 aromatic heterocycles. The first kappa shape index (κ1) is 29.1. The van der Waals surface area contributed by atoms with Crippen LogP contribution in [0.25, 0.3) is 0 Å². The van der Waals surface area contributed by atoms with Gasteiger partial charge in [0.25, 0.3) is 0 Å². The number of hydrogen-bond acceptors (Lipinski definition) is 0. The van der Waals surface area contributed by atoms with E-state index in [4.69, 9.17) is 0 Å². The van der Waals surface area contributed by atoms with Gasteiger partial charge in [-0.3, -0.25) is 12.2 Å². The van der Waals surface area contributed by atoms with Crippen LogP contribution >= 0.6 is 0 Å². The maximum Gasteiger partial charge on any atom is 4.00 e. The van der Waals surface area contributed by atoms with Gasteiger partial charge >= 0.3 is 21.7 Å². The van der Waals surface area contributed by atoms with Gasteiger partial charge in [0, 0.05) is 0 Å². The maximum absolute atomic E-state index is 3.26. The van der Waals surface area contributed by atoms with Crippen LogP contribution in [-0.4, -0.2) is 0 Å². The monoisotopic (exact) mass is 444 g/mol. The number of allylic oxidation sites excluding steroid dienone is 8. The van der Waals surface area contributed by atoms with E-state index in [1.54, 1.807) is 11.1 Å². The van der Waals surface area contributed by atoms with E-state index in [0.717, 1.165) is 25.7 Å². The zero-order valence-electron chi connectivity index (χ0n) is 19.7. The molecule has 0 fully saturated rings. The van der Waals surface area contributed by atoms with Crippen LogP contribution in [0.15, 0.2) is 95.1 Å². The molecule has 0 radical (unpaired) electrons. The third-order valence-corrected chi connectivity index (χ3v) is 4.88. The summed E-state index contributed by atoms with van der Waals surface area (Å²) < 4.78 is 0. The Bertz CT molecular complexity index is 657. The Morgan fingerprint density at radius 3 is 1.06 bits per heavy atom. The Kier molecular flexibility index (Phi) is 18.8. The molecule has 0 atom stereocenters. The molecule has 1 heteroatoms. The molecule has 2 aliphatic carbocycles. The zero-order chi connectivity index (χ0) is 21.9. The van der Waals surface area contributed by atoms with Crippen molar-refractivity contribution in [3.05, 3.63) is 119 Å². The summed E-state index contributed by atoms with van der Waals surface area (Å²) >= 11 is 0. The fourth-order valence-electron chi connectivity index (χ4n) is 3.15. The maximum atomic E-state index is 3.26. The number of rotatable bonds is 4. The van der Waals surface area contributed by atoms with E-state index in [-0.39, 0.29) is 21.7 Å². The van der Waals surface area contributed by atoms with Crippen molar-refractivity contribution in [1.29, 1.82) is 0 Å². The number of benzene rings is 2. The van der Waals surface area contributed by atoms with Gasteiger partial charge in [0.05, 0.1) is 0 Å². The normalized spacial score (nSPS) is 13.3. The summed E-state index contributed by atoms with van der Waals surface area (Å²) in [5, 5.41) is 0. The smallest absolute Gasteiger partial charge is 0.253 e. The summed E-state index contributed by atoms with van der Waals surface area (Å²) in [5.41, 5.74) is 6.05. The molecule has 0 N–H and O–H groups in total. The van der Waals surface area contributed by atoms with Gasteiger partial charge in [-0.1, -0.05) is 53.4 Å². The molecule has 2 aromatic carbocycles. The minimum absolute atomic E-state index is 0. The van der Waals surface area contributed by atoms with Crippen molar-refractivity contribution >= 4 is 0 Å². The summed E-state index contributed by atoms with van der Waals surface area (Å²) in [4.78, 5) is 0. The van der Waals surface area contributed by atoms with Gasteiger partial charge in [-0.2, -0.15) is 84.9 Å². The Labute approximate surface area is 206 Å². The van der Waals surface area contributed by atoms with Crippen molar-refractivity contribution in [3.63, 3.8) is 0 Å². The first-order valence-electron chi connectivity index (χ1n) is 11.2. The van der Waals surface area contributed by atoms with Crippen LogP contribution in [-0.2, 0) is 21.7 Å². The van der Waals surface area contributed by atoms with E-state index in [0.29, 0.717) is 0 Å². The Balaban J connectivity index is 0.000000389. The molecular formula is C30H36Ti. The van der Waals surface area contributed by atoms with Crippen molar-refractivity contribution in [1.82, 2.24) is 0 Å². The second-order valence-electron chi connectivity index (χ2n) is 6.84. The van der Waals surface area contributed by atoms with Crippen LogP contribution in [0.2, 0.25) is 0 Å². The van der Waals surface area contributed by atoms with E-state index in [1.165, 1.54) is 24.0 Å². The van der Waals surface area contributed by atoms with Gasteiger partial charge in [-0.05, 0) is 0 Å². The molecule has 0 saturated heterocycles. The summed E-state index contributed by atoms with van der Waals surface area (Å²) in [5.74, 6) is 0. The van der Waals surface area contributed by atoms with Gasteiger partial charge in [0.15, 0.2) is 0 Å². The first-order chi connectivity index (χ1) is 14.8. The van der Waals surface area contributed by atoms with Crippen LogP contribution in [0, 0.1) is 24.3 Å². The molecule has 2 aromatic rings. The number of hydrogen-bond donors (Lipinski definition) is 0. The minimum atomic E-state index is 0. The summed E-state index contributed by atoms with van der Waals surface area (Å²) in [6.07, 6.45) is 17.8. The van der Waals surface area contributed by atoms with Gasteiger partial charge in [-0.15, -0.1) is 12.8 Å². The first-order valence-corrected chi connectivity index (χ1v) is 11.2. The molecule has 0 unspecified atom stereocenters. The largest absolute Gasteiger partial charge is 4.00 e. The predicted molar refractivity (Wildman–Crippen MR) is 131 cm³/mol. The SMILES string of the molecule is CCC1=C(CC)CC=[C-]1.CCC1=C(CC)CC=[C-]1.[Ti+4].[c-]1ccccc1.[c-]1ccccc1. The molecule has 0 amide bonds. The van der Waals surface area contributed by atoms with E-state index in [9.17, 15) is 0 Å². The quantitative estimate of drug-likeness (QED) is 0.327. The van der Waals surface area contributed by atoms with Crippen LogP contribution in [0.1, 0.15) is 66.2 Å². The van der Waals surface area contributed by atoms with E-state index in [1.807, 2.05) is 60.7 Å². The van der Waals surface area contributed by atoms with Gasteiger partial charge in [0.1, 0.15) is 0 Å². The van der Waals surface area contributed by atoms with E-state index in [2.05, 4.69) is 64.1 Å². The Hall–Kier alpha value is -1.89. The molecule has 0 bridgehead atoms. The molecule has 0 nitrogen and oxygen atoms in total. The molecule has 0 aliphatic heterocycles. The Morgan fingerprint density at radius 1 is 0.548 bits per heavy atom. The van der Waals surface area contributed by atoms with Crippen LogP contribution < -0.4 is 0 Å². The van der Waals surface area contributed by atoms with Crippen molar-refractivity contribution in [3.8, 4) is 0 Å². The molecule has 160 valence electrons. The van der Waals surface area contributed by atoms with E-state index < -0.39 is 0 Å². The zero-order valence-corrected chi connectivity index (χ0v) is 21.2. The summed E-state index contributed by atoms with van der Waals surface area (Å²) in [6.45, 7) is 8.81.